The number of pyridine rings is 1. The van der Waals surface area contributed by atoms with Gasteiger partial charge in [0.1, 0.15) is 11.6 Å². The first-order valence-electron chi connectivity index (χ1n) is 5.57. The number of non-ortho nitro benzene ring substituents is 1. The predicted octanol–water partition coefficient (Wildman–Crippen LogP) is 2.08. The average Bonchev–Trinajstić information content (AvgIpc) is 2.47. The fourth-order valence-electron chi connectivity index (χ4n) is 1.53. The summed E-state index contributed by atoms with van der Waals surface area (Å²) in [5, 5.41) is 10.7. The Morgan fingerprint density at radius 1 is 1.30 bits per heavy atom. The molecule has 0 radical (unpaired) electrons. The van der Waals surface area contributed by atoms with E-state index in [2.05, 4.69) is 10.4 Å². The van der Waals surface area contributed by atoms with Gasteiger partial charge in [0.05, 0.1) is 18.1 Å². The maximum Gasteiger partial charge on any atom is 0.273 e. The molecule has 0 aliphatic heterocycles. The van der Waals surface area contributed by atoms with Crippen LogP contribution in [0.2, 0.25) is 0 Å². The molecule has 0 atom stereocenters. The van der Waals surface area contributed by atoms with Crippen LogP contribution < -0.4 is 20.7 Å². The summed E-state index contributed by atoms with van der Waals surface area (Å²) >= 11 is 0. The van der Waals surface area contributed by atoms with Gasteiger partial charge in [0.2, 0.25) is 0 Å². The van der Waals surface area contributed by atoms with E-state index in [1.807, 2.05) is 0 Å². The van der Waals surface area contributed by atoms with Crippen LogP contribution in [0.25, 0.3) is 0 Å². The zero-order chi connectivity index (χ0) is 14.5. The van der Waals surface area contributed by atoms with E-state index < -0.39 is 4.92 Å². The Kier molecular flexibility index (Phi) is 3.96. The highest BCUT2D eigenvalue weighted by Gasteiger charge is 2.13. The van der Waals surface area contributed by atoms with Crippen molar-refractivity contribution in [3.05, 3.63) is 46.6 Å². The van der Waals surface area contributed by atoms with Crippen molar-refractivity contribution in [3.63, 3.8) is 0 Å². The van der Waals surface area contributed by atoms with E-state index in [0.29, 0.717) is 17.3 Å². The lowest BCUT2D eigenvalue weighted by Gasteiger charge is -2.10. The third-order valence-corrected chi connectivity index (χ3v) is 2.47. The highest BCUT2D eigenvalue weighted by Crippen LogP contribution is 2.34. The van der Waals surface area contributed by atoms with Gasteiger partial charge >= 0.3 is 0 Å². The Balaban J connectivity index is 2.30. The van der Waals surface area contributed by atoms with Gasteiger partial charge in [-0.3, -0.25) is 10.1 Å². The lowest BCUT2D eigenvalue weighted by molar-refractivity contribution is -0.384. The maximum atomic E-state index is 10.7. The van der Waals surface area contributed by atoms with Crippen LogP contribution in [0.5, 0.6) is 17.2 Å². The van der Waals surface area contributed by atoms with Gasteiger partial charge in [0, 0.05) is 18.3 Å². The van der Waals surface area contributed by atoms with Crippen molar-refractivity contribution >= 4 is 11.5 Å². The van der Waals surface area contributed by atoms with Crippen molar-refractivity contribution in [1.29, 1.82) is 0 Å². The van der Waals surface area contributed by atoms with Crippen LogP contribution in [0, 0.1) is 10.1 Å². The number of nitrogens with two attached hydrogens (primary N) is 1. The van der Waals surface area contributed by atoms with E-state index in [4.69, 9.17) is 15.3 Å². The molecule has 0 unspecified atom stereocenters. The second-order valence-electron chi connectivity index (χ2n) is 3.72. The second-order valence-corrected chi connectivity index (χ2v) is 3.72. The normalized spacial score (nSPS) is 9.90. The van der Waals surface area contributed by atoms with Gasteiger partial charge in [-0.1, -0.05) is 0 Å². The Bertz CT molecular complexity index is 633. The largest absolute Gasteiger partial charge is 0.493 e. The van der Waals surface area contributed by atoms with Crippen molar-refractivity contribution in [3.8, 4) is 17.2 Å². The zero-order valence-corrected chi connectivity index (χ0v) is 10.6. The number of hydrazine groups is 1. The molecule has 2 aromatic rings. The van der Waals surface area contributed by atoms with Crippen LogP contribution in [-0.4, -0.2) is 17.0 Å². The number of methoxy groups -OCH3 is 1. The summed E-state index contributed by atoms with van der Waals surface area (Å²) in [6.45, 7) is 0. The first-order chi connectivity index (χ1) is 9.63. The molecule has 0 aliphatic rings. The highest BCUT2D eigenvalue weighted by molar-refractivity contribution is 5.51. The quantitative estimate of drug-likeness (QED) is 0.488. The van der Waals surface area contributed by atoms with Gasteiger partial charge in [-0.05, 0) is 12.1 Å². The molecule has 0 bridgehead atoms. The molecule has 104 valence electrons. The number of nitrogens with one attached hydrogen (secondary N) is 1. The van der Waals surface area contributed by atoms with E-state index in [0.717, 1.165) is 0 Å². The van der Waals surface area contributed by atoms with E-state index in [1.165, 1.54) is 31.5 Å². The van der Waals surface area contributed by atoms with Gasteiger partial charge in [-0.25, -0.2) is 10.8 Å². The third kappa shape index (κ3) is 2.93. The predicted molar refractivity (Wildman–Crippen MR) is 71.8 cm³/mol. The molecule has 0 spiro atoms. The van der Waals surface area contributed by atoms with E-state index in [1.54, 1.807) is 12.1 Å². The summed E-state index contributed by atoms with van der Waals surface area (Å²) in [5.74, 6) is 6.78. The van der Waals surface area contributed by atoms with Crippen molar-refractivity contribution in [2.45, 2.75) is 0 Å². The molecular formula is C12H12N4O4. The van der Waals surface area contributed by atoms with Gasteiger partial charge in [0.15, 0.2) is 11.5 Å². The molecule has 0 saturated heterocycles. The first kappa shape index (κ1) is 13.6. The molecule has 1 aromatic heterocycles. The molecule has 1 aromatic carbocycles. The van der Waals surface area contributed by atoms with Crippen LogP contribution in [0.15, 0.2) is 36.5 Å². The number of rotatable bonds is 5. The van der Waals surface area contributed by atoms with Crippen LogP contribution in [0.3, 0.4) is 0 Å². The molecule has 0 aliphatic carbocycles. The topological polar surface area (TPSA) is 113 Å². The number of aromatic nitrogens is 1. The molecular weight excluding hydrogens is 264 g/mol. The molecule has 0 amide bonds. The number of nitro groups is 1. The number of nitrogens with zero attached hydrogens (tertiary/aromatic N) is 2. The summed E-state index contributed by atoms with van der Waals surface area (Å²) in [6, 6.07) is 7.30. The third-order valence-electron chi connectivity index (χ3n) is 2.47. The number of nitrogen functional groups attached to an aromatic ring is 1. The fraction of sp³-hybridized carbons (Fsp3) is 0.0833. The number of hydrogen-bond acceptors (Lipinski definition) is 7. The van der Waals surface area contributed by atoms with Gasteiger partial charge in [0.25, 0.3) is 5.69 Å². The minimum atomic E-state index is -0.505. The Morgan fingerprint density at radius 3 is 2.75 bits per heavy atom. The minimum Gasteiger partial charge on any atom is -0.493 e. The maximum absolute atomic E-state index is 10.7. The van der Waals surface area contributed by atoms with Gasteiger partial charge in [-0.2, -0.15) is 0 Å². The van der Waals surface area contributed by atoms with E-state index >= 15 is 0 Å². The smallest absolute Gasteiger partial charge is 0.273 e. The molecule has 8 heteroatoms. The van der Waals surface area contributed by atoms with Crippen LogP contribution in [0.1, 0.15) is 0 Å². The number of nitro benzene ring substituents is 1. The molecule has 0 saturated carbocycles. The van der Waals surface area contributed by atoms with Crippen LogP contribution in [0.4, 0.5) is 11.5 Å². The number of anilines is 1. The standard InChI is InChI=1S/C12H12N4O4/c1-19-11-6-8(16(17)18)2-3-10(11)20-9-4-5-14-12(7-9)15-13/h2-7H,13H2,1H3,(H,14,15). The number of ether oxygens (including phenoxy) is 2. The Labute approximate surface area is 114 Å². The summed E-state index contributed by atoms with van der Waals surface area (Å²) in [7, 11) is 1.41. The molecule has 2 rings (SSSR count). The summed E-state index contributed by atoms with van der Waals surface area (Å²) in [6.07, 6.45) is 1.52. The van der Waals surface area contributed by atoms with Crippen molar-refractivity contribution in [1.82, 2.24) is 4.98 Å². The first-order valence-corrected chi connectivity index (χ1v) is 5.57. The molecule has 8 nitrogen and oxygen atoms in total. The van der Waals surface area contributed by atoms with Crippen LogP contribution in [-0.2, 0) is 0 Å². The molecule has 3 N–H and O–H groups in total. The second kappa shape index (κ2) is 5.85. The molecule has 0 fully saturated rings. The summed E-state index contributed by atoms with van der Waals surface area (Å²) in [5.41, 5.74) is 2.32. The minimum absolute atomic E-state index is 0.0757. The van der Waals surface area contributed by atoms with Gasteiger partial charge < -0.3 is 14.9 Å². The zero-order valence-electron chi connectivity index (χ0n) is 10.6. The van der Waals surface area contributed by atoms with E-state index in [9.17, 15) is 10.1 Å². The number of hydrogen-bond donors (Lipinski definition) is 2. The van der Waals surface area contributed by atoms with Crippen molar-refractivity contribution < 1.29 is 14.4 Å². The highest BCUT2D eigenvalue weighted by atomic mass is 16.6. The number of benzene rings is 1. The monoisotopic (exact) mass is 276 g/mol. The SMILES string of the molecule is COc1cc([N+](=O)[O-])ccc1Oc1ccnc(NN)c1. The van der Waals surface area contributed by atoms with Crippen molar-refractivity contribution in [2.24, 2.45) is 5.84 Å². The van der Waals surface area contributed by atoms with Crippen LogP contribution >= 0.6 is 0 Å². The average molecular weight is 276 g/mol. The van der Waals surface area contributed by atoms with Crippen molar-refractivity contribution in [2.75, 3.05) is 12.5 Å². The van der Waals surface area contributed by atoms with E-state index in [-0.39, 0.29) is 11.4 Å². The van der Waals surface area contributed by atoms with Gasteiger partial charge in [-0.15, -0.1) is 0 Å². The summed E-state index contributed by atoms with van der Waals surface area (Å²) in [4.78, 5) is 14.1. The lowest BCUT2D eigenvalue weighted by Crippen LogP contribution is -2.08. The fourth-order valence-corrected chi connectivity index (χ4v) is 1.53. The molecule has 1 heterocycles. The Hall–Kier alpha value is -2.87. The summed E-state index contributed by atoms with van der Waals surface area (Å²) < 4.78 is 10.7. The Morgan fingerprint density at radius 2 is 2.10 bits per heavy atom. The lowest BCUT2D eigenvalue weighted by atomic mass is 10.3. The molecule has 20 heavy (non-hydrogen) atoms.